The molecule has 0 radical (unpaired) electrons. The fourth-order valence-electron chi connectivity index (χ4n) is 2.52. The second kappa shape index (κ2) is 7.54. The number of hydrogen-bond acceptors (Lipinski definition) is 4. The molecular formula is C17H21N5O. The van der Waals surface area contributed by atoms with Gasteiger partial charge in [-0.3, -0.25) is 9.48 Å². The number of nitrogens with one attached hydrogen (secondary N) is 1. The first-order valence-corrected chi connectivity index (χ1v) is 7.63. The zero-order valence-corrected chi connectivity index (χ0v) is 13.8. The Hall–Kier alpha value is -2.68. The molecule has 0 saturated heterocycles. The fourth-order valence-corrected chi connectivity index (χ4v) is 2.52. The van der Waals surface area contributed by atoms with Crippen molar-refractivity contribution in [1.29, 1.82) is 5.26 Å². The lowest BCUT2D eigenvalue weighted by Crippen LogP contribution is -2.13. The highest BCUT2D eigenvalue weighted by Crippen LogP contribution is 2.16. The fraction of sp³-hybridized carbons (Fsp3) is 0.412. The summed E-state index contributed by atoms with van der Waals surface area (Å²) in [6.07, 6.45) is 3.11. The van der Waals surface area contributed by atoms with Gasteiger partial charge < -0.3 is 5.32 Å². The van der Waals surface area contributed by atoms with E-state index in [-0.39, 0.29) is 5.91 Å². The van der Waals surface area contributed by atoms with Gasteiger partial charge in [0.1, 0.15) is 5.82 Å². The van der Waals surface area contributed by atoms with Gasteiger partial charge in [-0.1, -0.05) is 0 Å². The predicted octanol–water partition coefficient (Wildman–Crippen LogP) is 2.69. The van der Waals surface area contributed by atoms with E-state index in [2.05, 4.69) is 21.5 Å². The highest BCUT2D eigenvalue weighted by atomic mass is 16.1. The zero-order valence-electron chi connectivity index (χ0n) is 13.8. The summed E-state index contributed by atoms with van der Waals surface area (Å²) in [6, 6.07) is 5.85. The van der Waals surface area contributed by atoms with Crippen LogP contribution in [-0.4, -0.2) is 20.7 Å². The van der Waals surface area contributed by atoms with E-state index < -0.39 is 0 Å². The van der Waals surface area contributed by atoms with Gasteiger partial charge in [-0.05, 0) is 50.5 Å². The van der Waals surface area contributed by atoms with Crippen molar-refractivity contribution < 1.29 is 4.79 Å². The molecule has 2 aromatic heterocycles. The number of carbonyl (C=O) groups is 1. The minimum Gasteiger partial charge on any atom is -0.311 e. The highest BCUT2D eigenvalue weighted by Gasteiger charge is 2.13. The molecule has 2 heterocycles. The number of amides is 1. The molecule has 0 unspecified atom stereocenters. The Morgan fingerprint density at radius 2 is 2.17 bits per heavy atom. The summed E-state index contributed by atoms with van der Waals surface area (Å²) in [5.41, 5.74) is 4.08. The molecule has 0 aromatic carbocycles. The van der Waals surface area contributed by atoms with E-state index in [1.807, 2.05) is 37.6 Å². The molecule has 2 aromatic rings. The maximum atomic E-state index is 12.1. The summed E-state index contributed by atoms with van der Waals surface area (Å²) in [7, 11) is 0. The summed E-state index contributed by atoms with van der Waals surface area (Å²) in [5, 5.41) is 15.9. The quantitative estimate of drug-likeness (QED) is 0.889. The summed E-state index contributed by atoms with van der Waals surface area (Å²) >= 11 is 0. The molecule has 23 heavy (non-hydrogen) atoms. The van der Waals surface area contributed by atoms with Crippen LogP contribution in [0, 0.1) is 32.1 Å². The Bertz CT molecular complexity index is 742. The molecule has 0 spiro atoms. The standard InChI is InChI=1S/C17H21N5O/c1-12-7-9-19-16(11-12)20-17(23)6-5-15-13(2)21-22(14(15)3)10-4-8-18/h7,9,11H,4-6,10H2,1-3H3,(H,19,20,23). The maximum Gasteiger partial charge on any atom is 0.225 e. The van der Waals surface area contributed by atoms with E-state index in [1.165, 1.54) is 0 Å². The van der Waals surface area contributed by atoms with E-state index >= 15 is 0 Å². The summed E-state index contributed by atoms with van der Waals surface area (Å²) in [4.78, 5) is 16.2. The van der Waals surface area contributed by atoms with Gasteiger partial charge in [0, 0.05) is 18.3 Å². The van der Waals surface area contributed by atoms with Gasteiger partial charge in [0.25, 0.3) is 0 Å². The Kier molecular flexibility index (Phi) is 5.47. The van der Waals surface area contributed by atoms with Crippen LogP contribution in [0.15, 0.2) is 18.3 Å². The van der Waals surface area contributed by atoms with Crippen LogP contribution in [0.5, 0.6) is 0 Å². The van der Waals surface area contributed by atoms with Crippen molar-refractivity contribution in [2.75, 3.05) is 5.32 Å². The number of anilines is 1. The minimum atomic E-state index is -0.0633. The minimum absolute atomic E-state index is 0.0633. The molecule has 0 bridgehead atoms. The third-order valence-corrected chi connectivity index (χ3v) is 3.75. The summed E-state index contributed by atoms with van der Waals surface area (Å²) in [5.74, 6) is 0.514. The number of hydrogen-bond donors (Lipinski definition) is 1. The Morgan fingerprint density at radius 1 is 1.39 bits per heavy atom. The first-order valence-electron chi connectivity index (χ1n) is 7.63. The van der Waals surface area contributed by atoms with Crippen LogP contribution >= 0.6 is 0 Å². The van der Waals surface area contributed by atoms with Gasteiger partial charge in [0.2, 0.25) is 5.91 Å². The first kappa shape index (κ1) is 16.7. The van der Waals surface area contributed by atoms with Crippen LogP contribution in [0.1, 0.15) is 35.4 Å². The van der Waals surface area contributed by atoms with E-state index in [9.17, 15) is 4.79 Å². The number of nitrogens with zero attached hydrogens (tertiary/aromatic N) is 4. The molecule has 0 aliphatic rings. The Balaban J connectivity index is 1.96. The summed E-state index contributed by atoms with van der Waals surface area (Å²) < 4.78 is 1.84. The monoisotopic (exact) mass is 311 g/mol. The van der Waals surface area contributed by atoms with Crippen LogP contribution in [0.4, 0.5) is 5.82 Å². The third-order valence-electron chi connectivity index (χ3n) is 3.75. The van der Waals surface area contributed by atoms with Gasteiger partial charge >= 0.3 is 0 Å². The lowest BCUT2D eigenvalue weighted by atomic mass is 10.1. The number of nitriles is 1. The number of aromatic nitrogens is 3. The molecule has 0 fully saturated rings. The van der Waals surface area contributed by atoms with Gasteiger partial charge in [0.05, 0.1) is 24.7 Å². The maximum absolute atomic E-state index is 12.1. The lowest BCUT2D eigenvalue weighted by molar-refractivity contribution is -0.116. The number of rotatable bonds is 6. The largest absolute Gasteiger partial charge is 0.311 e. The number of carbonyl (C=O) groups excluding carboxylic acids is 1. The highest BCUT2D eigenvalue weighted by molar-refractivity contribution is 5.89. The van der Waals surface area contributed by atoms with Crippen LogP contribution in [-0.2, 0) is 17.8 Å². The normalized spacial score (nSPS) is 10.3. The van der Waals surface area contributed by atoms with Crippen molar-refractivity contribution >= 4 is 11.7 Å². The number of aryl methyl sites for hydroxylation is 3. The second-order valence-electron chi connectivity index (χ2n) is 5.55. The molecule has 0 atom stereocenters. The molecule has 1 amide bonds. The smallest absolute Gasteiger partial charge is 0.225 e. The van der Waals surface area contributed by atoms with Crippen molar-refractivity contribution in [2.45, 2.75) is 46.6 Å². The second-order valence-corrected chi connectivity index (χ2v) is 5.55. The molecule has 6 nitrogen and oxygen atoms in total. The average Bonchev–Trinajstić information content (AvgIpc) is 2.77. The Morgan fingerprint density at radius 3 is 2.87 bits per heavy atom. The van der Waals surface area contributed by atoms with Gasteiger partial charge in [-0.15, -0.1) is 0 Å². The first-order chi connectivity index (χ1) is 11.0. The van der Waals surface area contributed by atoms with Crippen LogP contribution in [0.25, 0.3) is 0 Å². The van der Waals surface area contributed by atoms with Crippen LogP contribution in [0.3, 0.4) is 0 Å². The van der Waals surface area contributed by atoms with Crippen molar-refractivity contribution in [3.63, 3.8) is 0 Å². The molecule has 1 N–H and O–H groups in total. The van der Waals surface area contributed by atoms with Crippen molar-refractivity contribution in [1.82, 2.24) is 14.8 Å². The molecular weight excluding hydrogens is 290 g/mol. The summed E-state index contributed by atoms with van der Waals surface area (Å²) in [6.45, 7) is 6.46. The molecule has 6 heteroatoms. The van der Waals surface area contributed by atoms with Gasteiger partial charge in [-0.2, -0.15) is 10.4 Å². The van der Waals surface area contributed by atoms with E-state index in [0.717, 1.165) is 22.5 Å². The van der Waals surface area contributed by atoms with E-state index in [0.29, 0.717) is 31.6 Å². The molecule has 0 aliphatic carbocycles. The van der Waals surface area contributed by atoms with Gasteiger partial charge in [0.15, 0.2) is 0 Å². The lowest BCUT2D eigenvalue weighted by Gasteiger charge is -2.06. The average molecular weight is 311 g/mol. The molecule has 0 aliphatic heterocycles. The van der Waals surface area contributed by atoms with Crippen LogP contribution < -0.4 is 5.32 Å². The Labute approximate surface area is 136 Å². The predicted molar refractivity (Wildman–Crippen MR) is 87.9 cm³/mol. The molecule has 120 valence electrons. The SMILES string of the molecule is Cc1ccnc(NC(=O)CCc2c(C)nn(CCC#N)c2C)c1. The van der Waals surface area contributed by atoms with Gasteiger partial charge in [-0.25, -0.2) is 4.98 Å². The van der Waals surface area contributed by atoms with Crippen LogP contribution in [0.2, 0.25) is 0 Å². The molecule has 0 saturated carbocycles. The third kappa shape index (κ3) is 4.39. The molecule has 2 rings (SSSR count). The van der Waals surface area contributed by atoms with Crippen molar-refractivity contribution in [2.24, 2.45) is 0 Å². The van der Waals surface area contributed by atoms with Crippen molar-refractivity contribution in [3.8, 4) is 6.07 Å². The van der Waals surface area contributed by atoms with E-state index in [4.69, 9.17) is 5.26 Å². The van der Waals surface area contributed by atoms with Crippen molar-refractivity contribution in [3.05, 3.63) is 40.8 Å². The zero-order chi connectivity index (χ0) is 16.8. The number of pyridine rings is 1. The van der Waals surface area contributed by atoms with E-state index in [1.54, 1.807) is 6.20 Å². The topological polar surface area (TPSA) is 83.6 Å².